The predicted octanol–water partition coefficient (Wildman–Crippen LogP) is 2.07. The van der Waals surface area contributed by atoms with Gasteiger partial charge in [-0.1, -0.05) is 6.08 Å². The van der Waals surface area contributed by atoms with Gasteiger partial charge in [0, 0.05) is 0 Å². The molecule has 1 aliphatic rings. The van der Waals surface area contributed by atoms with Crippen molar-refractivity contribution < 1.29 is 4.74 Å². The van der Waals surface area contributed by atoms with Gasteiger partial charge in [-0.15, -0.1) is 0 Å². The van der Waals surface area contributed by atoms with Crippen LogP contribution in [0.1, 0.15) is 13.3 Å². The molecule has 0 spiro atoms. The second-order valence-electron chi connectivity index (χ2n) is 2.15. The lowest BCUT2D eigenvalue weighted by Gasteiger charge is -2.09. The highest BCUT2D eigenvalue weighted by atomic mass is 16.5. The third kappa shape index (κ3) is 1.35. The molecule has 0 bridgehead atoms. The van der Waals surface area contributed by atoms with Crippen LogP contribution >= 0.6 is 0 Å². The van der Waals surface area contributed by atoms with Crippen LogP contribution in [0.3, 0.4) is 0 Å². The van der Waals surface area contributed by atoms with E-state index in [4.69, 9.17) is 4.74 Å². The first-order chi connectivity index (χ1) is 4.34. The maximum Gasteiger partial charge on any atom is 0.117 e. The molecule has 0 aromatic rings. The SMILES string of the molecule is COC1=C(C)C[CH]C=C1. The Labute approximate surface area is 56.0 Å². The quantitative estimate of drug-likeness (QED) is 0.518. The van der Waals surface area contributed by atoms with Crippen LogP contribution in [0.4, 0.5) is 0 Å². The Kier molecular flexibility index (Phi) is 1.93. The summed E-state index contributed by atoms with van der Waals surface area (Å²) >= 11 is 0. The number of allylic oxidation sites excluding steroid dienone is 3. The lowest BCUT2D eigenvalue weighted by Crippen LogP contribution is -1.93. The Morgan fingerprint density at radius 3 is 2.78 bits per heavy atom. The van der Waals surface area contributed by atoms with E-state index in [2.05, 4.69) is 13.3 Å². The van der Waals surface area contributed by atoms with Crippen LogP contribution in [0.15, 0.2) is 23.5 Å². The van der Waals surface area contributed by atoms with Crippen molar-refractivity contribution in [3.8, 4) is 0 Å². The number of rotatable bonds is 1. The Bertz CT molecular complexity index is 154. The van der Waals surface area contributed by atoms with Gasteiger partial charge in [-0.2, -0.15) is 0 Å². The first-order valence-corrected chi connectivity index (χ1v) is 3.08. The summed E-state index contributed by atoms with van der Waals surface area (Å²) < 4.78 is 5.08. The van der Waals surface area contributed by atoms with Gasteiger partial charge in [-0.05, 0) is 31.4 Å². The van der Waals surface area contributed by atoms with Crippen LogP contribution in [0.2, 0.25) is 0 Å². The molecule has 0 saturated heterocycles. The number of methoxy groups -OCH3 is 1. The maximum atomic E-state index is 5.08. The molecule has 1 heteroatoms. The fourth-order valence-electron chi connectivity index (χ4n) is 0.885. The summed E-state index contributed by atoms with van der Waals surface area (Å²) in [5.74, 6) is 1.01. The predicted molar refractivity (Wildman–Crippen MR) is 37.8 cm³/mol. The highest BCUT2D eigenvalue weighted by Crippen LogP contribution is 2.17. The van der Waals surface area contributed by atoms with E-state index < -0.39 is 0 Å². The average molecular weight is 123 g/mol. The maximum absolute atomic E-state index is 5.08. The van der Waals surface area contributed by atoms with Gasteiger partial charge < -0.3 is 4.74 Å². The van der Waals surface area contributed by atoms with E-state index in [0.29, 0.717) is 0 Å². The van der Waals surface area contributed by atoms with Gasteiger partial charge in [0.2, 0.25) is 0 Å². The fourth-order valence-corrected chi connectivity index (χ4v) is 0.885. The topological polar surface area (TPSA) is 9.23 Å². The Morgan fingerprint density at radius 2 is 2.33 bits per heavy atom. The van der Waals surface area contributed by atoms with E-state index in [-0.39, 0.29) is 0 Å². The minimum absolute atomic E-state index is 1.01. The molecule has 0 saturated carbocycles. The molecular weight excluding hydrogens is 112 g/mol. The number of hydrogen-bond acceptors (Lipinski definition) is 1. The van der Waals surface area contributed by atoms with Crippen molar-refractivity contribution in [1.29, 1.82) is 0 Å². The standard InChI is InChI=1S/C8H11O/c1-7-5-3-4-6-8(7)9-2/h3-4,6H,5H2,1-2H3. The third-order valence-corrected chi connectivity index (χ3v) is 1.45. The molecule has 9 heavy (non-hydrogen) atoms. The molecule has 1 aliphatic carbocycles. The molecule has 0 unspecified atom stereocenters. The van der Waals surface area contributed by atoms with Crippen LogP contribution in [0.5, 0.6) is 0 Å². The van der Waals surface area contributed by atoms with Gasteiger partial charge in [0.25, 0.3) is 0 Å². The van der Waals surface area contributed by atoms with Crippen LogP contribution in [0, 0.1) is 6.42 Å². The van der Waals surface area contributed by atoms with Crippen molar-refractivity contribution in [3.63, 3.8) is 0 Å². The first kappa shape index (κ1) is 6.40. The fraction of sp³-hybridized carbons (Fsp3) is 0.375. The third-order valence-electron chi connectivity index (χ3n) is 1.45. The molecular formula is C8H11O. The van der Waals surface area contributed by atoms with Crippen LogP contribution in [0.25, 0.3) is 0 Å². The molecule has 49 valence electrons. The van der Waals surface area contributed by atoms with E-state index in [1.807, 2.05) is 12.2 Å². The van der Waals surface area contributed by atoms with Crippen LogP contribution in [-0.4, -0.2) is 7.11 Å². The summed E-state index contributed by atoms with van der Waals surface area (Å²) in [6, 6.07) is 0. The molecule has 0 amide bonds. The zero-order valence-electron chi connectivity index (χ0n) is 5.85. The normalized spacial score (nSPS) is 18.4. The van der Waals surface area contributed by atoms with E-state index >= 15 is 0 Å². The molecule has 1 radical (unpaired) electrons. The molecule has 0 aromatic heterocycles. The Hall–Kier alpha value is -0.720. The summed E-state index contributed by atoms with van der Waals surface area (Å²) in [4.78, 5) is 0. The van der Waals surface area contributed by atoms with E-state index in [1.165, 1.54) is 5.57 Å². The Balaban J connectivity index is 2.72. The summed E-state index contributed by atoms with van der Waals surface area (Å²) in [5, 5.41) is 0. The van der Waals surface area contributed by atoms with Crippen molar-refractivity contribution in [1.82, 2.24) is 0 Å². The molecule has 0 N–H and O–H groups in total. The lowest BCUT2D eigenvalue weighted by atomic mass is 10.1. The van der Waals surface area contributed by atoms with Gasteiger partial charge in [0.1, 0.15) is 5.76 Å². The monoisotopic (exact) mass is 123 g/mol. The van der Waals surface area contributed by atoms with Crippen LogP contribution < -0.4 is 0 Å². The molecule has 0 aromatic carbocycles. The number of ether oxygens (including phenoxy) is 1. The largest absolute Gasteiger partial charge is 0.497 e. The minimum atomic E-state index is 1.01. The lowest BCUT2D eigenvalue weighted by molar-refractivity contribution is 0.300. The minimum Gasteiger partial charge on any atom is -0.497 e. The van der Waals surface area contributed by atoms with Crippen molar-refractivity contribution in [2.75, 3.05) is 7.11 Å². The summed E-state index contributed by atoms with van der Waals surface area (Å²) in [6.07, 6.45) is 7.15. The van der Waals surface area contributed by atoms with E-state index in [1.54, 1.807) is 7.11 Å². The second kappa shape index (κ2) is 2.72. The van der Waals surface area contributed by atoms with Crippen molar-refractivity contribution >= 4 is 0 Å². The molecule has 1 rings (SSSR count). The zero-order chi connectivity index (χ0) is 6.69. The molecule has 0 atom stereocenters. The zero-order valence-corrected chi connectivity index (χ0v) is 5.85. The van der Waals surface area contributed by atoms with Crippen LogP contribution in [-0.2, 0) is 4.74 Å². The van der Waals surface area contributed by atoms with Gasteiger partial charge in [0.05, 0.1) is 7.11 Å². The first-order valence-electron chi connectivity index (χ1n) is 3.08. The molecule has 1 nitrogen and oxygen atoms in total. The van der Waals surface area contributed by atoms with E-state index in [0.717, 1.165) is 12.2 Å². The highest BCUT2D eigenvalue weighted by molar-refractivity contribution is 5.27. The van der Waals surface area contributed by atoms with Gasteiger partial charge in [-0.25, -0.2) is 0 Å². The van der Waals surface area contributed by atoms with E-state index in [9.17, 15) is 0 Å². The van der Waals surface area contributed by atoms with Gasteiger partial charge in [-0.3, -0.25) is 0 Å². The Morgan fingerprint density at radius 1 is 1.56 bits per heavy atom. The second-order valence-corrected chi connectivity index (χ2v) is 2.15. The van der Waals surface area contributed by atoms with Gasteiger partial charge >= 0.3 is 0 Å². The summed E-state index contributed by atoms with van der Waals surface area (Å²) in [5.41, 5.74) is 1.31. The molecule has 0 aliphatic heterocycles. The average Bonchev–Trinajstić information content (AvgIpc) is 1.89. The summed E-state index contributed by atoms with van der Waals surface area (Å²) in [6.45, 7) is 2.08. The van der Waals surface area contributed by atoms with Crippen molar-refractivity contribution in [2.45, 2.75) is 13.3 Å². The smallest absolute Gasteiger partial charge is 0.117 e. The highest BCUT2D eigenvalue weighted by Gasteiger charge is 2.01. The molecule has 0 fully saturated rings. The molecule has 0 heterocycles. The van der Waals surface area contributed by atoms with Crippen molar-refractivity contribution in [2.24, 2.45) is 0 Å². The summed E-state index contributed by atoms with van der Waals surface area (Å²) in [7, 11) is 1.70. The number of hydrogen-bond donors (Lipinski definition) is 0. The van der Waals surface area contributed by atoms with Gasteiger partial charge in [0.15, 0.2) is 0 Å². The van der Waals surface area contributed by atoms with Crippen molar-refractivity contribution in [3.05, 3.63) is 29.9 Å².